The zero-order valence-corrected chi connectivity index (χ0v) is 15.6. The fourth-order valence-electron chi connectivity index (χ4n) is 3.95. The number of halogens is 1. The van der Waals surface area contributed by atoms with Crippen LogP contribution in [-0.4, -0.2) is 33.1 Å². The maximum absolute atomic E-state index is 6.34. The zero-order valence-electron chi connectivity index (χ0n) is 14.1. The van der Waals surface area contributed by atoms with Crippen molar-refractivity contribution in [2.45, 2.75) is 30.9 Å². The molecular weight excluding hydrogens is 370 g/mol. The van der Waals surface area contributed by atoms with Crippen molar-refractivity contribution >= 4 is 22.9 Å². The predicted molar refractivity (Wildman–Crippen MR) is 99.8 cm³/mol. The average molecular weight is 388 g/mol. The first-order valence-electron chi connectivity index (χ1n) is 8.72. The van der Waals surface area contributed by atoms with Crippen molar-refractivity contribution in [1.82, 2.24) is 25.3 Å². The second-order valence-electron chi connectivity index (χ2n) is 6.75. The van der Waals surface area contributed by atoms with E-state index in [1.54, 1.807) is 28.4 Å². The van der Waals surface area contributed by atoms with Gasteiger partial charge in [0.15, 0.2) is 0 Å². The summed E-state index contributed by atoms with van der Waals surface area (Å²) >= 11 is 7.95. The van der Waals surface area contributed by atoms with Crippen LogP contribution in [0.5, 0.6) is 0 Å². The molecule has 8 heteroatoms. The van der Waals surface area contributed by atoms with Crippen molar-refractivity contribution in [3.63, 3.8) is 0 Å². The predicted octanol–water partition coefficient (Wildman–Crippen LogP) is 3.27. The van der Waals surface area contributed by atoms with Gasteiger partial charge in [-0.2, -0.15) is 0 Å². The van der Waals surface area contributed by atoms with Gasteiger partial charge in [0.2, 0.25) is 0 Å². The third-order valence-electron chi connectivity index (χ3n) is 5.19. The van der Waals surface area contributed by atoms with Crippen molar-refractivity contribution in [2.75, 3.05) is 13.2 Å². The molecule has 2 atom stereocenters. The largest absolute Gasteiger partial charge is 0.369 e. The molecule has 0 unspecified atom stereocenters. The highest BCUT2D eigenvalue weighted by molar-refractivity contribution is 7.16. The Morgan fingerprint density at radius 3 is 3.12 bits per heavy atom. The molecule has 5 rings (SSSR count). The van der Waals surface area contributed by atoms with E-state index in [4.69, 9.17) is 16.3 Å². The summed E-state index contributed by atoms with van der Waals surface area (Å²) in [6.07, 6.45) is 8.22. The first-order valence-corrected chi connectivity index (χ1v) is 9.92. The highest BCUT2D eigenvalue weighted by Gasteiger charge is 2.44. The molecule has 0 amide bonds. The van der Waals surface area contributed by atoms with Crippen molar-refractivity contribution in [3.8, 4) is 5.69 Å². The Morgan fingerprint density at radius 1 is 1.35 bits per heavy atom. The lowest BCUT2D eigenvalue weighted by atomic mass is 9.82. The maximum Gasteiger partial charge on any atom is 0.106 e. The van der Waals surface area contributed by atoms with Gasteiger partial charge in [-0.1, -0.05) is 16.8 Å². The fourth-order valence-corrected chi connectivity index (χ4v) is 5.43. The molecule has 3 aromatic rings. The minimum Gasteiger partial charge on any atom is -0.369 e. The second-order valence-corrected chi connectivity index (χ2v) is 8.44. The molecule has 2 aliphatic heterocycles. The van der Waals surface area contributed by atoms with Crippen molar-refractivity contribution in [1.29, 1.82) is 0 Å². The molecule has 0 bridgehead atoms. The Balaban J connectivity index is 1.45. The Morgan fingerprint density at radius 2 is 2.23 bits per heavy atom. The number of rotatable bonds is 2. The van der Waals surface area contributed by atoms with Gasteiger partial charge in [-0.3, -0.25) is 4.98 Å². The quantitative estimate of drug-likeness (QED) is 0.731. The van der Waals surface area contributed by atoms with E-state index < -0.39 is 0 Å². The monoisotopic (exact) mass is 387 g/mol. The maximum atomic E-state index is 6.34. The van der Waals surface area contributed by atoms with Crippen LogP contribution in [0.1, 0.15) is 35.0 Å². The summed E-state index contributed by atoms with van der Waals surface area (Å²) in [6.45, 7) is 1.62. The Hall–Kier alpha value is -1.80. The van der Waals surface area contributed by atoms with Crippen LogP contribution in [0.15, 0.2) is 36.8 Å². The zero-order chi connectivity index (χ0) is 17.6. The molecule has 26 heavy (non-hydrogen) atoms. The Kier molecular flexibility index (Phi) is 4.04. The van der Waals surface area contributed by atoms with Gasteiger partial charge in [-0.15, -0.1) is 16.4 Å². The highest BCUT2D eigenvalue weighted by atomic mass is 35.5. The number of piperidine rings is 1. The third kappa shape index (κ3) is 2.75. The van der Waals surface area contributed by atoms with Crippen LogP contribution in [-0.2, 0) is 16.8 Å². The van der Waals surface area contributed by atoms with E-state index in [1.807, 2.05) is 18.3 Å². The number of nitrogens with zero attached hydrogens (tertiary/aromatic N) is 4. The Bertz CT molecular complexity index is 927. The van der Waals surface area contributed by atoms with Gasteiger partial charge in [0.05, 0.1) is 28.9 Å². The lowest BCUT2D eigenvalue weighted by Gasteiger charge is -2.43. The third-order valence-corrected chi connectivity index (χ3v) is 6.68. The van der Waals surface area contributed by atoms with Gasteiger partial charge in [-0.25, -0.2) is 4.68 Å². The van der Waals surface area contributed by atoms with Gasteiger partial charge in [0.1, 0.15) is 11.3 Å². The molecule has 1 spiro atoms. The summed E-state index contributed by atoms with van der Waals surface area (Å²) in [5, 5.41) is 12.3. The van der Waals surface area contributed by atoms with Crippen LogP contribution >= 0.6 is 22.9 Å². The minimum atomic E-state index is -0.262. The number of thiophene rings is 1. The van der Waals surface area contributed by atoms with Crippen molar-refractivity contribution in [3.05, 3.63) is 57.3 Å². The van der Waals surface area contributed by atoms with E-state index in [9.17, 15) is 0 Å². The molecule has 0 saturated carbocycles. The summed E-state index contributed by atoms with van der Waals surface area (Å²) in [7, 11) is 0. The van der Waals surface area contributed by atoms with Crippen LogP contribution in [0.4, 0.5) is 0 Å². The molecule has 2 aliphatic rings. The van der Waals surface area contributed by atoms with Crippen LogP contribution < -0.4 is 5.32 Å². The summed E-state index contributed by atoms with van der Waals surface area (Å²) in [4.78, 5) is 5.34. The second kappa shape index (κ2) is 6.42. The topological polar surface area (TPSA) is 64.9 Å². The number of nitrogens with one attached hydrogen (secondary N) is 1. The lowest BCUT2D eigenvalue weighted by molar-refractivity contribution is -0.0871. The van der Waals surface area contributed by atoms with E-state index in [-0.39, 0.29) is 11.6 Å². The van der Waals surface area contributed by atoms with Gasteiger partial charge >= 0.3 is 0 Å². The number of pyridine rings is 1. The number of hydrogen-bond donors (Lipinski definition) is 1. The van der Waals surface area contributed by atoms with Crippen LogP contribution in [0, 0.1) is 0 Å². The lowest BCUT2D eigenvalue weighted by Crippen LogP contribution is -2.45. The Labute approximate surface area is 160 Å². The SMILES string of the molecule is Clc1cc2c(s1)[C@@]1(CCN[C@H](c3cn(-c4ccncc4)nn3)C1)OCC2. The molecule has 1 saturated heterocycles. The minimum absolute atomic E-state index is 0.103. The van der Waals surface area contributed by atoms with E-state index in [0.717, 1.165) is 48.1 Å². The van der Waals surface area contributed by atoms with E-state index in [2.05, 4.69) is 26.7 Å². The molecule has 0 aromatic carbocycles. The van der Waals surface area contributed by atoms with Crippen molar-refractivity contribution in [2.24, 2.45) is 0 Å². The molecule has 1 N–H and O–H groups in total. The van der Waals surface area contributed by atoms with Crippen LogP contribution in [0.2, 0.25) is 4.34 Å². The first kappa shape index (κ1) is 16.4. The normalized spacial score (nSPS) is 25.3. The van der Waals surface area contributed by atoms with E-state index >= 15 is 0 Å². The van der Waals surface area contributed by atoms with Crippen LogP contribution in [0.25, 0.3) is 5.69 Å². The number of hydrogen-bond acceptors (Lipinski definition) is 6. The molecular formula is C18H18ClN5OS. The van der Waals surface area contributed by atoms with Gasteiger partial charge in [0.25, 0.3) is 0 Å². The summed E-state index contributed by atoms with van der Waals surface area (Å²) in [6, 6.07) is 6.03. The summed E-state index contributed by atoms with van der Waals surface area (Å²) in [5.74, 6) is 0. The smallest absolute Gasteiger partial charge is 0.106 e. The van der Waals surface area contributed by atoms with Crippen LogP contribution in [0.3, 0.4) is 0 Å². The molecule has 0 aliphatic carbocycles. The van der Waals surface area contributed by atoms with Gasteiger partial charge in [-0.05, 0) is 43.1 Å². The molecule has 5 heterocycles. The standard InChI is InChI=1S/C18H18ClN5OS/c19-16-9-12-3-8-25-18(17(12)26-16)4-7-21-14(10-18)15-11-24(23-22-15)13-1-5-20-6-2-13/h1-2,5-6,9,11,14,21H,3-4,7-8,10H2/t14-,18-/m0/s1. The summed E-state index contributed by atoms with van der Waals surface area (Å²) < 4.78 is 8.97. The molecule has 0 radical (unpaired) electrons. The summed E-state index contributed by atoms with van der Waals surface area (Å²) in [5.41, 5.74) is 2.96. The molecule has 134 valence electrons. The van der Waals surface area contributed by atoms with E-state index in [1.165, 1.54) is 10.4 Å². The highest BCUT2D eigenvalue weighted by Crippen LogP contribution is 2.48. The molecule has 6 nitrogen and oxygen atoms in total. The fraction of sp³-hybridized carbons (Fsp3) is 0.389. The number of fused-ring (bicyclic) bond motifs is 2. The first-order chi connectivity index (χ1) is 12.7. The average Bonchev–Trinajstić information content (AvgIpc) is 3.30. The molecule has 3 aromatic heterocycles. The van der Waals surface area contributed by atoms with Crippen molar-refractivity contribution < 1.29 is 4.74 Å². The van der Waals surface area contributed by atoms with Gasteiger partial charge < -0.3 is 10.1 Å². The van der Waals surface area contributed by atoms with Gasteiger partial charge in [0, 0.05) is 23.7 Å². The molecule has 1 fully saturated rings. The number of ether oxygens (including phenoxy) is 1. The number of aromatic nitrogens is 4. The van der Waals surface area contributed by atoms with E-state index in [0.29, 0.717) is 0 Å².